The van der Waals surface area contributed by atoms with Crippen LogP contribution in [0.4, 0.5) is 5.69 Å². The molecule has 0 spiro atoms. The Morgan fingerprint density at radius 1 is 0.920 bits per heavy atom. The van der Waals surface area contributed by atoms with E-state index in [1.165, 1.54) is 0 Å². The maximum absolute atomic E-state index is 13.1. The highest BCUT2D eigenvalue weighted by Crippen LogP contribution is 2.34. The molecule has 0 aliphatic carbocycles. The van der Waals surface area contributed by atoms with Crippen molar-refractivity contribution in [1.29, 1.82) is 0 Å². The van der Waals surface area contributed by atoms with E-state index in [9.17, 15) is 4.79 Å². The fourth-order valence-electron chi connectivity index (χ4n) is 2.65. The summed E-state index contributed by atoms with van der Waals surface area (Å²) in [6.07, 6.45) is 0. The first-order valence-electron chi connectivity index (χ1n) is 7.94. The Bertz CT molecular complexity index is 850. The fraction of sp³-hybridized carbons (Fsp3) is 0.0952. The molecule has 25 heavy (non-hydrogen) atoms. The van der Waals surface area contributed by atoms with Gasteiger partial charge in [-0.15, -0.1) is 0 Å². The van der Waals surface area contributed by atoms with Crippen LogP contribution in [-0.4, -0.2) is 12.9 Å². The van der Waals surface area contributed by atoms with Gasteiger partial charge in [0, 0.05) is 5.56 Å². The fourth-order valence-corrected chi connectivity index (χ4v) is 2.91. The number of halogens is 1. The Hall–Kier alpha value is -2.78. The van der Waals surface area contributed by atoms with Crippen LogP contribution in [0.5, 0.6) is 5.75 Å². The van der Waals surface area contributed by atoms with Gasteiger partial charge in [0.15, 0.2) is 5.78 Å². The molecule has 0 aromatic heterocycles. The van der Waals surface area contributed by atoms with Crippen LogP contribution in [0.2, 0.25) is 5.02 Å². The molecule has 4 heteroatoms. The van der Waals surface area contributed by atoms with E-state index in [2.05, 4.69) is 5.32 Å². The van der Waals surface area contributed by atoms with E-state index < -0.39 is 6.04 Å². The number of ketones is 1. The van der Waals surface area contributed by atoms with Crippen LogP contribution in [0.1, 0.15) is 22.0 Å². The first kappa shape index (κ1) is 17.1. The average Bonchev–Trinajstić information content (AvgIpc) is 2.68. The number of nitrogens with one attached hydrogen (secondary N) is 1. The summed E-state index contributed by atoms with van der Waals surface area (Å²) < 4.78 is 5.26. The lowest BCUT2D eigenvalue weighted by Gasteiger charge is -2.21. The van der Waals surface area contributed by atoms with Gasteiger partial charge in [0.05, 0.1) is 12.8 Å². The summed E-state index contributed by atoms with van der Waals surface area (Å²) in [6, 6.07) is 23.7. The van der Waals surface area contributed by atoms with E-state index in [-0.39, 0.29) is 5.78 Å². The molecule has 3 aromatic carbocycles. The molecule has 3 nitrogen and oxygen atoms in total. The number of carbonyl (C=O) groups excluding carboxylic acids is 1. The summed E-state index contributed by atoms with van der Waals surface area (Å²) >= 11 is 6.39. The lowest BCUT2D eigenvalue weighted by atomic mass is 9.97. The molecule has 0 fully saturated rings. The van der Waals surface area contributed by atoms with Crippen LogP contribution in [0.3, 0.4) is 0 Å². The second kappa shape index (κ2) is 7.86. The molecule has 0 unspecified atom stereocenters. The Balaban J connectivity index is 1.99. The number of methoxy groups -OCH3 is 1. The summed E-state index contributed by atoms with van der Waals surface area (Å²) in [5, 5.41) is 3.73. The zero-order chi connectivity index (χ0) is 17.6. The third-order valence-electron chi connectivity index (χ3n) is 3.94. The van der Waals surface area contributed by atoms with E-state index >= 15 is 0 Å². The molecule has 0 bridgehead atoms. The predicted octanol–water partition coefficient (Wildman–Crippen LogP) is 5.38. The van der Waals surface area contributed by atoms with Crippen molar-refractivity contribution >= 4 is 23.1 Å². The highest BCUT2D eigenvalue weighted by molar-refractivity contribution is 6.34. The van der Waals surface area contributed by atoms with Crippen molar-refractivity contribution in [3.05, 3.63) is 95.0 Å². The van der Waals surface area contributed by atoms with Gasteiger partial charge < -0.3 is 10.1 Å². The van der Waals surface area contributed by atoms with E-state index in [4.69, 9.17) is 16.3 Å². The minimum absolute atomic E-state index is 0.0225. The van der Waals surface area contributed by atoms with Crippen molar-refractivity contribution in [2.24, 2.45) is 0 Å². The molecule has 0 radical (unpaired) electrons. The van der Waals surface area contributed by atoms with Gasteiger partial charge in [0.2, 0.25) is 0 Å². The quantitative estimate of drug-likeness (QED) is 0.605. The molecule has 0 saturated carbocycles. The molecule has 3 aromatic rings. The molecule has 126 valence electrons. The molecule has 0 aliphatic rings. The van der Waals surface area contributed by atoms with Crippen molar-refractivity contribution in [3.63, 3.8) is 0 Å². The highest BCUT2D eigenvalue weighted by atomic mass is 35.5. The Morgan fingerprint density at radius 3 is 2.20 bits per heavy atom. The topological polar surface area (TPSA) is 38.3 Å². The molecule has 0 saturated heterocycles. The normalized spacial score (nSPS) is 11.6. The van der Waals surface area contributed by atoms with Crippen molar-refractivity contribution < 1.29 is 9.53 Å². The Labute approximate surface area is 152 Å². The summed E-state index contributed by atoms with van der Waals surface area (Å²) in [5.41, 5.74) is 2.16. The van der Waals surface area contributed by atoms with Crippen molar-refractivity contribution in [2.75, 3.05) is 12.4 Å². The first-order valence-corrected chi connectivity index (χ1v) is 8.31. The van der Waals surface area contributed by atoms with Gasteiger partial charge in [-0.1, -0.05) is 78.3 Å². The maximum atomic E-state index is 13.1. The SMILES string of the molecule is COc1cccc(N[C@@H](C(=O)c2ccccc2)c2ccccc2)c1Cl. The average molecular weight is 352 g/mol. The second-order valence-electron chi connectivity index (χ2n) is 5.54. The monoisotopic (exact) mass is 351 g/mol. The van der Waals surface area contributed by atoms with Crippen LogP contribution < -0.4 is 10.1 Å². The van der Waals surface area contributed by atoms with Crippen molar-refractivity contribution in [2.45, 2.75) is 6.04 Å². The minimum Gasteiger partial charge on any atom is -0.495 e. The number of rotatable bonds is 6. The summed E-state index contributed by atoms with van der Waals surface area (Å²) in [4.78, 5) is 13.1. The molecular weight excluding hydrogens is 334 g/mol. The molecule has 0 aliphatic heterocycles. The van der Waals surface area contributed by atoms with E-state index in [1.807, 2.05) is 72.8 Å². The number of hydrogen-bond acceptors (Lipinski definition) is 3. The number of benzene rings is 3. The number of Topliss-reactive ketones (excluding diaryl/α,β-unsaturated/α-hetero) is 1. The van der Waals surface area contributed by atoms with Gasteiger partial charge in [-0.05, 0) is 17.7 Å². The lowest BCUT2D eigenvalue weighted by molar-refractivity contribution is 0.0969. The van der Waals surface area contributed by atoms with Crippen LogP contribution in [0.25, 0.3) is 0 Å². The zero-order valence-electron chi connectivity index (χ0n) is 13.8. The molecular formula is C21H18ClNO2. The molecule has 1 N–H and O–H groups in total. The van der Waals surface area contributed by atoms with Crippen molar-refractivity contribution in [3.8, 4) is 5.75 Å². The third kappa shape index (κ3) is 3.83. The van der Waals surface area contributed by atoms with Gasteiger partial charge >= 0.3 is 0 Å². The number of carbonyl (C=O) groups is 1. The minimum atomic E-state index is -0.548. The zero-order valence-corrected chi connectivity index (χ0v) is 14.5. The highest BCUT2D eigenvalue weighted by Gasteiger charge is 2.23. The summed E-state index contributed by atoms with van der Waals surface area (Å²) in [6.45, 7) is 0. The van der Waals surface area contributed by atoms with E-state index in [0.29, 0.717) is 22.0 Å². The van der Waals surface area contributed by atoms with Gasteiger partial charge in [-0.2, -0.15) is 0 Å². The number of ether oxygens (including phenoxy) is 1. The van der Waals surface area contributed by atoms with Gasteiger partial charge in [-0.25, -0.2) is 0 Å². The van der Waals surface area contributed by atoms with Gasteiger partial charge in [0.1, 0.15) is 16.8 Å². The van der Waals surface area contributed by atoms with Crippen molar-refractivity contribution in [1.82, 2.24) is 0 Å². The molecule has 0 amide bonds. The smallest absolute Gasteiger partial charge is 0.189 e. The van der Waals surface area contributed by atoms with E-state index in [1.54, 1.807) is 13.2 Å². The number of hydrogen-bond donors (Lipinski definition) is 1. The summed E-state index contributed by atoms with van der Waals surface area (Å²) in [7, 11) is 1.56. The lowest BCUT2D eigenvalue weighted by Crippen LogP contribution is -2.21. The standard InChI is InChI=1S/C21H18ClNO2/c1-25-18-14-8-13-17(19(18)22)23-20(15-9-4-2-5-10-15)21(24)16-11-6-3-7-12-16/h2-14,20,23H,1H3/t20-/m1/s1. The Kier molecular flexibility index (Phi) is 5.36. The van der Waals surface area contributed by atoms with Crippen LogP contribution in [0, 0.1) is 0 Å². The Morgan fingerprint density at radius 2 is 1.56 bits per heavy atom. The van der Waals surface area contributed by atoms with Crippen LogP contribution in [-0.2, 0) is 0 Å². The largest absolute Gasteiger partial charge is 0.495 e. The molecule has 0 heterocycles. The molecule has 3 rings (SSSR count). The van der Waals surface area contributed by atoms with Gasteiger partial charge in [-0.3, -0.25) is 4.79 Å². The maximum Gasteiger partial charge on any atom is 0.189 e. The first-order chi connectivity index (χ1) is 12.2. The third-order valence-corrected chi connectivity index (χ3v) is 4.33. The van der Waals surface area contributed by atoms with Crippen LogP contribution >= 0.6 is 11.6 Å². The predicted molar refractivity (Wildman–Crippen MR) is 102 cm³/mol. The van der Waals surface area contributed by atoms with E-state index in [0.717, 1.165) is 5.56 Å². The second-order valence-corrected chi connectivity index (χ2v) is 5.92. The summed E-state index contributed by atoms with van der Waals surface area (Å²) in [5.74, 6) is 0.538. The van der Waals surface area contributed by atoms with Crippen LogP contribution in [0.15, 0.2) is 78.9 Å². The van der Waals surface area contributed by atoms with Gasteiger partial charge in [0.25, 0.3) is 0 Å². The number of anilines is 1. The molecule has 1 atom stereocenters.